The highest BCUT2D eigenvalue weighted by atomic mass is 16.7. The van der Waals surface area contributed by atoms with Crippen LogP contribution in [-0.4, -0.2) is 111 Å². The van der Waals surface area contributed by atoms with Crippen LogP contribution in [-0.2, 0) is 42.6 Å². The van der Waals surface area contributed by atoms with E-state index in [2.05, 4.69) is 20.8 Å². The van der Waals surface area contributed by atoms with Crippen LogP contribution in [0.1, 0.15) is 72.1 Å². The lowest BCUT2D eigenvalue weighted by Gasteiger charge is -2.64. The third-order valence-electron chi connectivity index (χ3n) is 12.4. The zero-order valence-corrected chi connectivity index (χ0v) is 29.0. The lowest BCUT2D eigenvalue weighted by atomic mass is 9.43. The molecule has 0 aliphatic heterocycles. The van der Waals surface area contributed by atoms with Crippen molar-refractivity contribution in [2.75, 3.05) is 88.0 Å². The Kier molecular flexibility index (Phi) is 15.3. The second kappa shape index (κ2) is 18.4. The number of rotatable bonds is 21. The summed E-state index contributed by atoms with van der Waals surface area (Å²) in [6, 6.07) is 0. The molecule has 0 radical (unpaired) electrons. The molecule has 0 aromatic carbocycles. The summed E-state index contributed by atoms with van der Waals surface area (Å²) < 4.78 is 52.7. The maximum Gasteiger partial charge on any atom is 0.147 e. The van der Waals surface area contributed by atoms with Gasteiger partial charge in [-0.05, 0) is 92.3 Å². The van der Waals surface area contributed by atoms with Crippen molar-refractivity contribution in [3.05, 3.63) is 0 Å². The summed E-state index contributed by atoms with van der Waals surface area (Å²) in [4.78, 5) is 0. The second-order valence-electron chi connectivity index (χ2n) is 14.5. The van der Waals surface area contributed by atoms with Gasteiger partial charge in [0, 0.05) is 33.4 Å². The molecule has 0 spiro atoms. The Morgan fingerprint density at radius 1 is 0.711 bits per heavy atom. The summed E-state index contributed by atoms with van der Waals surface area (Å²) in [5.41, 5.74) is 0.148. The lowest BCUT2D eigenvalue weighted by Crippen LogP contribution is -2.63. The number of hydrogen-bond donors (Lipinski definition) is 1. The van der Waals surface area contributed by atoms with E-state index in [0.717, 1.165) is 51.4 Å². The van der Waals surface area contributed by atoms with Crippen molar-refractivity contribution in [2.24, 2.45) is 46.3 Å². The van der Waals surface area contributed by atoms with Crippen LogP contribution in [0.2, 0.25) is 0 Å². The van der Waals surface area contributed by atoms with E-state index in [1.165, 1.54) is 0 Å². The minimum atomic E-state index is -0.0259. The predicted molar refractivity (Wildman–Crippen MR) is 170 cm³/mol. The Morgan fingerprint density at radius 3 is 1.96 bits per heavy atom. The molecule has 1 N–H and O–H groups in total. The lowest BCUT2D eigenvalue weighted by molar-refractivity contribution is -0.253. The SMILES string of the molecule is COCCOCO[C@@H]1CC[C@@]2(C)[C@@H](C1)C[C@@H](OCOCCOC)[C@@H]1[C@@H]2C[C@H](OCOCCOC)[C@]2(C)[C@@H]([C@H](C)CCO)CC[C@@H]12. The van der Waals surface area contributed by atoms with Crippen LogP contribution in [0.5, 0.6) is 0 Å². The van der Waals surface area contributed by atoms with E-state index >= 15 is 0 Å². The second-order valence-corrected chi connectivity index (χ2v) is 14.5. The number of fused-ring (bicyclic) bond motifs is 5. The van der Waals surface area contributed by atoms with Crippen molar-refractivity contribution in [3.8, 4) is 0 Å². The average Bonchev–Trinajstić information content (AvgIpc) is 3.39. The predicted octanol–water partition coefficient (Wildman–Crippen LogP) is 4.90. The summed E-state index contributed by atoms with van der Waals surface area (Å²) in [5, 5.41) is 9.90. The van der Waals surface area contributed by atoms with Gasteiger partial charge in [0.15, 0.2) is 0 Å². The van der Waals surface area contributed by atoms with Crippen molar-refractivity contribution in [2.45, 2.75) is 90.4 Å². The highest BCUT2D eigenvalue weighted by Crippen LogP contribution is 2.69. The van der Waals surface area contributed by atoms with Gasteiger partial charge in [0.1, 0.15) is 20.4 Å². The third kappa shape index (κ3) is 8.80. The zero-order chi connectivity index (χ0) is 32.3. The molecule has 10 nitrogen and oxygen atoms in total. The van der Waals surface area contributed by atoms with Crippen LogP contribution in [0.15, 0.2) is 0 Å². The molecule has 0 unspecified atom stereocenters. The first kappa shape index (κ1) is 37.4. The maximum absolute atomic E-state index is 9.90. The first-order chi connectivity index (χ1) is 21.8. The van der Waals surface area contributed by atoms with Gasteiger partial charge < -0.3 is 47.7 Å². The molecule has 4 fully saturated rings. The van der Waals surface area contributed by atoms with Crippen LogP contribution in [0.25, 0.3) is 0 Å². The minimum absolute atomic E-state index is 0.0259. The fourth-order valence-electron chi connectivity index (χ4n) is 10.1. The standard InChI is InChI=1S/C35H64O10/c1-25(10-12-36)28-7-8-29-33-30(21-32(35(28,29)3)45-24-42-18-15-39-6)34(2)11-9-27(43-22-40-16-13-37-4)19-26(34)20-31(33)44-23-41-17-14-38-5/h25-33,36H,7-24H2,1-6H3/t25-,26+,27-,28-,29+,30+,31-,32+,33+,34+,35-/m1/s1. The van der Waals surface area contributed by atoms with Gasteiger partial charge in [0.05, 0.1) is 58.0 Å². The van der Waals surface area contributed by atoms with Gasteiger partial charge in [-0.15, -0.1) is 0 Å². The molecule has 4 rings (SSSR count). The zero-order valence-electron chi connectivity index (χ0n) is 29.0. The molecule has 0 bridgehead atoms. The average molecular weight is 645 g/mol. The van der Waals surface area contributed by atoms with Crippen molar-refractivity contribution in [1.82, 2.24) is 0 Å². The van der Waals surface area contributed by atoms with Crippen LogP contribution >= 0.6 is 0 Å². The van der Waals surface area contributed by atoms with Crippen molar-refractivity contribution < 1.29 is 47.7 Å². The van der Waals surface area contributed by atoms with E-state index < -0.39 is 0 Å². The molecule has 11 atom stereocenters. The van der Waals surface area contributed by atoms with Gasteiger partial charge in [-0.25, -0.2) is 0 Å². The van der Waals surface area contributed by atoms with Gasteiger partial charge in [-0.3, -0.25) is 0 Å². The van der Waals surface area contributed by atoms with Crippen LogP contribution in [0, 0.1) is 46.3 Å². The van der Waals surface area contributed by atoms with Crippen LogP contribution < -0.4 is 0 Å². The molecule has 4 saturated carbocycles. The molecular weight excluding hydrogens is 580 g/mol. The molecule has 0 heterocycles. The number of aliphatic hydroxyl groups is 1. The Bertz CT molecular complexity index is 832. The molecule has 0 amide bonds. The fraction of sp³-hybridized carbons (Fsp3) is 1.00. The van der Waals surface area contributed by atoms with E-state index in [1.54, 1.807) is 21.3 Å². The summed E-state index contributed by atoms with van der Waals surface area (Å²) >= 11 is 0. The van der Waals surface area contributed by atoms with E-state index in [9.17, 15) is 5.11 Å². The molecule has 4 aliphatic carbocycles. The topological polar surface area (TPSA) is 103 Å². The summed E-state index contributed by atoms with van der Waals surface area (Å²) in [7, 11) is 5.07. The Hall–Kier alpha value is -0.400. The highest BCUT2D eigenvalue weighted by molar-refractivity contribution is 5.15. The summed E-state index contributed by atoms with van der Waals surface area (Å²) in [6.07, 6.45) is 8.73. The van der Waals surface area contributed by atoms with Crippen LogP contribution in [0.4, 0.5) is 0 Å². The molecule has 45 heavy (non-hydrogen) atoms. The smallest absolute Gasteiger partial charge is 0.147 e. The first-order valence-corrected chi connectivity index (χ1v) is 17.5. The number of ether oxygens (including phenoxy) is 9. The summed E-state index contributed by atoms with van der Waals surface area (Å²) in [5.74, 6) is 2.74. The van der Waals surface area contributed by atoms with Gasteiger partial charge in [-0.2, -0.15) is 0 Å². The van der Waals surface area contributed by atoms with Gasteiger partial charge in [0.25, 0.3) is 0 Å². The van der Waals surface area contributed by atoms with Gasteiger partial charge in [-0.1, -0.05) is 20.8 Å². The van der Waals surface area contributed by atoms with Gasteiger partial charge >= 0.3 is 0 Å². The minimum Gasteiger partial charge on any atom is -0.396 e. The van der Waals surface area contributed by atoms with E-state index in [1.807, 2.05) is 0 Å². The van der Waals surface area contributed by atoms with Crippen molar-refractivity contribution >= 4 is 0 Å². The van der Waals surface area contributed by atoms with E-state index in [-0.39, 0.29) is 49.3 Å². The highest BCUT2D eigenvalue weighted by Gasteiger charge is 2.66. The van der Waals surface area contributed by atoms with Gasteiger partial charge in [0.2, 0.25) is 0 Å². The number of methoxy groups -OCH3 is 3. The Labute approximate surface area is 272 Å². The van der Waals surface area contributed by atoms with Crippen molar-refractivity contribution in [3.63, 3.8) is 0 Å². The third-order valence-corrected chi connectivity index (χ3v) is 12.4. The molecule has 10 heteroatoms. The Morgan fingerprint density at radius 2 is 1.33 bits per heavy atom. The molecule has 4 aliphatic rings. The quantitative estimate of drug-likeness (QED) is 0.137. The van der Waals surface area contributed by atoms with Crippen molar-refractivity contribution in [1.29, 1.82) is 0 Å². The molecular formula is C35H64O10. The molecule has 264 valence electrons. The largest absolute Gasteiger partial charge is 0.396 e. The molecule has 0 aromatic heterocycles. The summed E-state index contributed by atoms with van der Waals surface area (Å²) in [6.45, 7) is 11.7. The normalized spacial score (nSPS) is 38.5. The van der Waals surface area contributed by atoms with Crippen LogP contribution in [0.3, 0.4) is 0 Å². The maximum atomic E-state index is 9.90. The molecule has 0 saturated heterocycles. The van der Waals surface area contributed by atoms with E-state index in [0.29, 0.717) is 81.9 Å². The number of aliphatic hydroxyl groups excluding tert-OH is 1. The monoisotopic (exact) mass is 644 g/mol. The first-order valence-electron chi connectivity index (χ1n) is 17.5. The number of hydrogen-bond acceptors (Lipinski definition) is 10. The van der Waals surface area contributed by atoms with E-state index in [4.69, 9.17) is 42.6 Å². The molecule has 0 aromatic rings. The Balaban J connectivity index is 1.57. The fourth-order valence-corrected chi connectivity index (χ4v) is 10.1.